The molecule has 0 heterocycles. The van der Waals surface area contributed by atoms with Crippen LogP contribution >= 0.6 is 15.9 Å². The van der Waals surface area contributed by atoms with E-state index < -0.39 is 0 Å². The first-order chi connectivity index (χ1) is 13.5. The molecule has 0 aromatic heterocycles. The van der Waals surface area contributed by atoms with E-state index in [9.17, 15) is 4.79 Å². The number of halogens is 1. The van der Waals surface area contributed by atoms with Crippen LogP contribution in [0.2, 0.25) is 0 Å². The van der Waals surface area contributed by atoms with Crippen LogP contribution < -0.4 is 5.32 Å². The molecule has 0 atom stereocenters. The van der Waals surface area contributed by atoms with Gasteiger partial charge in [0.1, 0.15) is 13.7 Å². The molecule has 0 unspecified atom stereocenters. The monoisotopic (exact) mass is 443 g/mol. The smallest absolute Gasteiger partial charge is 0.273 e. The van der Waals surface area contributed by atoms with E-state index in [4.69, 9.17) is 9.68 Å². The van der Waals surface area contributed by atoms with Crippen molar-refractivity contribution < 1.29 is 14.5 Å². The molecule has 1 amide bonds. The first kappa shape index (κ1) is 20.1. The molecule has 0 saturated carbocycles. The summed E-state index contributed by atoms with van der Waals surface area (Å²) in [6.45, 7) is 2.20. The third kappa shape index (κ3) is 4.25. The predicted molar refractivity (Wildman–Crippen MR) is 113 cm³/mol. The average Bonchev–Trinajstić information content (AvgIpc) is 3.09. The van der Waals surface area contributed by atoms with Gasteiger partial charge in [-0.2, -0.15) is 0 Å². The second-order valence-electron chi connectivity index (χ2n) is 6.42. The van der Waals surface area contributed by atoms with Crippen molar-refractivity contribution in [3.63, 3.8) is 0 Å². The van der Waals surface area contributed by atoms with Crippen LogP contribution in [0.15, 0.2) is 51.2 Å². The zero-order valence-electron chi connectivity index (χ0n) is 16.1. The second-order valence-corrected chi connectivity index (χ2v) is 7.33. The quantitative estimate of drug-likeness (QED) is 0.545. The Labute approximate surface area is 172 Å². The number of rotatable bonds is 6. The van der Waals surface area contributed by atoms with E-state index in [0.29, 0.717) is 5.56 Å². The number of benzene rings is 2. The number of nitrogens with one attached hydrogen (secondary N) is 1. The van der Waals surface area contributed by atoms with E-state index >= 15 is 0 Å². The summed E-state index contributed by atoms with van der Waals surface area (Å²) in [5.41, 5.74) is 6.03. The fourth-order valence-electron chi connectivity index (χ4n) is 3.25. The highest BCUT2D eigenvalue weighted by Gasteiger charge is 2.20. The summed E-state index contributed by atoms with van der Waals surface area (Å²) in [6, 6.07) is 11.9. The second kappa shape index (κ2) is 9.01. The number of hydrogen-bond donors (Lipinski definition) is 1. The molecule has 7 heteroatoms. The first-order valence-corrected chi connectivity index (χ1v) is 9.74. The minimum absolute atomic E-state index is 0.205. The summed E-state index contributed by atoms with van der Waals surface area (Å²) in [5.74, 6) is -0.324. The maximum Gasteiger partial charge on any atom is 0.273 e. The summed E-state index contributed by atoms with van der Waals surface area (Å²) in [4.78, 5) is 22.8. The Balaban J connectivity index is 1.84. The van der Waals surface area contributed by atoms with Gasteiger partial charge < -0.3 is 15.0 Å². The molecule has 0 bridgehead atoms. The summed E-state index contributed by atoms with van der Waals surface area (Å²) in [7, 11) is 2.97. The summed E-state index contributed by atoms with van der Waals surface area (Å²) >= 11 is 3.50. The van der Waals surface area contributed by atoms with Gasteiger partial charge in [-0.1, -0.05) is 50.5 Å². The van der Waals surface area contributed by atoms with Gasteiger partial charge in [0.15, 0.2) is 5.71 Å². The molecule has 1 N–H and O–H groups in total. The zero-order valence-corrected chi connectivity index (χ0v) is 17.7. The Bertz CT molecular complexity index is 954. The van der Waals surface area contributed by atoms with E-state index in [2.05, 4.69) is 43.7 Å². The van der Waals surface area contributed by atoms with E-state index in [1.807, 2.05) is 31.2 Å². The molecule has 0 radical (unpaired) electrons. The lowest BCUT2D eigenvalue weighted by molar-refractivity contribution is -0.114. The largest absolute Gasteiger partial charge is 0.398 e. The molecule has 3 rings (SSSR count). The topological polar surface area (TPSA) is 72.3 Å². The van der Waals surface area contributed by atoms with Crippen molar-refractivity contribution in [3.05, 3.63) is 68.7 Å². The van der Waals surface area contributed by atoms with Crippen molar-refractivity contribution in [2.24, 2.45) is 10.3 Å². The minimum Gasteiger partial charge on any atom is -0.398 e. The van der Waals surface area contributed by atoms with Crippen LogP contribution in [-0.2, 0) is 27.5 Å². The number of oxime groups is 2. The molecular formula is C21H22BrN3O3. The van der Waals surface area contributed by atoms with Gasteiger partial charge in [-0.25, -0.2) is 0 Å². The first-order valence-electron chi connectivity index (χ1n) is 8.95. The minimum atomic E-state index is -0.324. The molecule has 1 aliphatic carbocycles. The molecule has 2 aromatic rings. The molecule has 28 heavy (non-hydrogen) atoms. The third-order valence-corrected chi connectivity index (χ3v) is 5.18. The standard InChI is InChI=1S/C21H22BrN3O3/c1-13-5-4-6-17(20(25-27-3)21(26)23-2)18(13)12-28-24-19-10-7-14-11-15(22)8-9-16(14)19/h4-6,8-9,11H,7,10,12H2,1-3H3,(H,23,26)/b24-19+,25-20+. The van der Waals surface area contributed by atoms with Gasteiger partial charge >= 0.3 is 0 Å². The Morgan fingerprint density at radius 3 is 2.82 bits per heavy atom. The fraction of sp³-hybridized carbons (Fsp3) is 0.286. The van der Waals surface area contributed by atoms with Gasteiger partial charge in [0.25, 0.3) is 5.91 Å². The lowest BCUT2D eigenvalue weighted by Crippen LogP contribution is -2.29. The Morgan fingerprint density at radius 1 is 1.25 bits per heavy atom. The molecule has 0 spiro atoms. The number of carbonyl (C=O) groups excluding carboxylic acids is 1. The van der Waals surface area contributed by atoms with Crippen LogP contribution in [0.3, 0.4) is 0 Å². The Kier molecular flexibility index (Phi) is 6.46. The summed E-state index contributed by atoms with van der Waals surface area (Å²) in [6.07, 6.45) is 1.80. The maximum atomic E-state index is 12.2. The van der Waals surface area contributed by atoms with E-state index in [0.717, 1.165) is 39.7 Å². The van der Waals surface area contributed by atoms with E-state index in [1.165, 1.54) is 12.7 Å². The molecule has 6 nitrogen and oxygen atoms in total. The van der Waals surface area contributed by atoms with Gasteiger partial charge in [-0.3, -0.25) is 4.79 Å². The molecular weight excluding hydrogens is 422 g/mol. The van der Waals surface area contributed by atoms with Gasteiger partial charge in [0.05, 0.1) is 5.71 Å². The number of carbonyl (C=O) groups is 1. The third-order valence-electron chi connectivity index (χ3n) is 4.68. The number of aryl methyl sites for hydroxylation is 2. The number of hydrogen-bond acceptors (Lipinski definition) is 5. The summed E-state index contributed by atoms with van der Waals surface area (Å²) < 4.78 is 1.07. The number of fused-ring (bicyclic) bond motifs is 1. The molecule has 1 aliphatic rings. The molecule has 0 saturated heterocycles. The van der Waals surface area contributed by atoms with Gasteiger partial charge in [0, 0.05) is 28.2 Å². The SMILES string of the molecule is CNC(=O)/C(=N/OC)c1cccc(C)c1CO/N=C1\CCc2cc(Br)ccc21. The maximum absolute atomic E-state index is 12.2. The van der Waals surface area contributed by atoms with Crippen molar-refractivity contribution in [1.82, 2.24) is 5.32 Å². The van der Waals surface area contributed by atoms with E-state index in [1.54, 1.807) is 7.05 Å². The summed E-state index contributed by atoms with van der Waals surface area (Å²) in [5, 5.41) is 10.9. The molecule has 0 aliphatic heterocycles. The van der Waals surface area contributed by atoms with Gasteiger partial charge in [-0.05, 0) is 43.0 Å². The Morgan fingerprint density at radius 2 is 2.07 bits per heavy atom. The van der Waals surface area contributed by atoms with Gasteiger partial charge in [-0.15, -0.1) is 0 Å². The van der Waals surface area contributed by atoms with Crippen LogP contribution in [-0.4, -0.2) is 31.5 Å². The van der Waals surface area contributed by atoms with E-state index in [-0.39, 0.29) is 18.2 Å². The average molecular weight is 444 g/mol. The number of amides is 1. The van der Waals surface area contributed by atoms with Crippen molar-refractivity contribution in [2.75, 3.05) is 14.2 Å². The normalized spacial score (nSPS) is 14.7. The van der Waals surface area contributed by atoms with Crippen molar-refractivity contribution >= 4 is 33.3 Å². The highest BCUT2D eigenvalue weighted by Crippen LogP contribution is 2.26. The lowest BCUT2D eigenvalue weighted by Gasteiger charge is -2.13. The molecule has 146 valence electrons. The number of nitrogens with zero attached hydrogens (tertiary/aromatic N) is 2. The van der Waals surface area contributed by atoms with Gasteiger partial charge in [0.2, 0.25) is 0 Å². The fourth-order valence-corrected chi connectivity index (χ4v) is 3.65. The highest BCUT2D eigenvalue weighted by molar-refractivity contribution is 9.10. The van der Waals surface area contributed by atoms with Crippen molar-refractivity contribution in [2.45, 2.75) is 26.4 Å². The number of likely N-dealkylation sites (N-methyl/N-ethyl adjacent to an activating group) is 1. The van der Waals surface area contributed by atoms with Crippen LogP contribution in [0.4, 0.5) is 0 Å². The van der Waals surface area contributed by atoms with Crippen LogP contribution in [0.1, 0.15) is 34.2 Å². The van der Waals surface area contributed by atoms with Crippen LogP contribution in [0, 0.1) is 6.92 Å². The highest BCUT2D eigenvalue weighted by atomic mass is 79.9. The van der Waals surface area contributed by atoms with Crippen LogP contribution in [0.5, 0.6) is 0 Å². The molecule has 0 fully saturated rings. The predicted octanol–water partition coefficient (Wildman–Crippen LogP) is 3.72. The molecule has 2 aromatic carbocycles. The zero-order chi connectivity index (χ0) is 20.1. The van der Waals surface area contributed by atoms with Crippen molar-refractivity contribution in [1.29, 1.82) is 0 Å². The van der Waals surface area contributed by atoms with Crippen molar-refractivity contribution in [3.8, 4) is 0 Å². The van der Waals surface area contributed by atoms with Crippen LogP contribution in [0.25, 0.3) is 0 Å². The lowest BCUT2D eigenvalue weighted by atomic mass is 9.98. The Hall–Kier alpha value is -2.67.